The summed E-state index contributed by atoms with van der Waals surface area (Å²) in [5, 5.41) is 2.80. The van der Waals surface area contributed by atoms with Gasteiger partial charge in [-0.3, -0.25) is 9.59 Å². The van der Waals surface area contributed by atoms with Crippen LogP contribution in [0.15, 0.2) is 24.3 Å². The third-order valence-corrected chi connectivity index (χ3v) is 4.77. The maximum absolute atomic E-state index is 12.6. The number of carbonyl (C=O) groups is 3. The topological polar surface area (TPSA) is 79.0 Å². The Balaban J connectivity index is 1.64. The molecule has 1 N–H and O–H groups in total. The van der Waals surface area contributed by atoms with Gasteiger partial charge in [0.2, 0.25) is 11.8 Å². The minimum atomic E-state index is -0.648. The number of nitrogens with one attached hydrogen (secondary N) is 1. The van der Waals surface area contributed by atoms with Gasteiger partial charge in [-0.05, 0) is 31.4 Å². The van der Waals surface area contributed by atoms with Gasteiger partial charge in [0.05, 0.1) is 6.54 Å². The molecule has 1 aromatic rings. The average molecular weight is 359 g/mol. The zero-order valence-corrected chi connectivity index (χ0v) is 15.4. The summed E-state index contributed by atoms with van der Waals surface area (Å²) < 4.78 is 5.38. The van der Waals surface area contributed by atoms with Gasteiger partial charge in [-0.15, -0.1) is 0 Å². The Bertz CT molecular complexity index is 701. The number of carbonyl (C=O) groups excluding carboxylic acids is 3. The summed E-state index contributed by atoms with van der Waals surface area (Å²) in [6, 6.07) is 6.08. The Morgan fingerprint density at radius 2 is 1.92 bits per heavy atom. The van der Waals surface area contributed by atoms with Crippen molar-refractivity contribution < 1.29 is 19.1 Å². The highest BCUT2D eigenvalue weighted by molar-refractivity contribution is 5.97. The molecule has 0 aromatic heterocycles. The van der Waals surface area contributed by atoms with Crippen molar-refractivity contribution in [2.45, 2.75) is 39.3 Å². The van der Waals surface area contributed by atoms with E-state index in [2.05, 4.69) is 5.32 Å². The van der Waals surface area contributed by atoms with Crippen molar-refractivity contribution in [3.63, 3.8) is 0 Å². The van der Waals surface area contributed by atoms with Crippen molar-refractivity contribution in [2.24, 2.45) is 5.92 Å². The summed E-state index contributed by atoms with van der Waals surface area (Å²) in [5.74, 6) is 0.508. The molecule has 0 aliphatic carbocycles. The van der Waals surface area contributed by atoms with Crippen molar-refractivity contribution in [3.05, 3.63) is 29.8 Å². The number of benzene rings is 1. The normalized spacial score (nSPS) is 22.9. The van der Waals surface area contributed by atoms with E-state index in [0.717, 1.165) is 5.56 Å². The lowest BCUT2D eigenvalue weighted by Gasteiger charge is -2.45. The number of aryl methyl sites for hydroxylation is 1. The average Bonchev–Trinajstić information content (AvgIpc) is 2.60. The fraction of sp³-hybridized carbons (Fsp3) is 0.526. The number of fused-ring (bicyclic) bond motifs is 1. The molecular formula is C19H25N3O4. The smallest absolute Gasteiger partial charge is 0.410 e. The molecule has 2 heterocycles. The van der Waals surface area contributed by atoms with E-state index in [1.807, 2.05) is 32.9 Å². The van der Waals surface area contributed by atoms with Gasteiger partial charge in [-0.1, -0.05) is 31.5 Å². The second kappa shape index (κ2) is 7.35. The molecule has 0 saturated carbocycles. The first kappa shape index (κ1) is 18.2. The van der Waals surface area contributed by atoms with E-state index in [-0.39, 0.29) is 18.4 Å². The highest BCUT2D eigenvalue weighted by Crippen LogP contribution is 2.21. The van der Waals surface area contributed by atoms with Crippen molar-refractivity contribution >= 4 is 17.9 Å². The van der Waals surface area contributed by atoms with Gasteiger partial charge in [-0.2, -0.15) is 0 Å². The summed E-state index contributed by atoms with van der Waals surface area (Å²) >= 11 is 0. The molecule has 0 bridgehead atoms. The van der Waals surface area contributed by atoms with Crippen LogP contribution in [0.1, 0.15) is 25.8 Å². The fourth-order valence-corrected chi connectivity index (χ4v) is 3.37. The summed E-state index contributed by atoms with van der Waals surface area (Å²) in [4.78, 5) is 40.5. The van der Waals surface area contributed by atoms with Crippen molar-refractivity contribution in [2.75, 3.05) is 19.6 Å². The van der Waals surface area contributed by atoms with E-state index >= 15 is 0 Å². The van der Waals surface area contributed by atoms with Crippen LogP contribution in [0.5, 0.6) is 5.75 Å². The number of hydrogen-bond donors (Lipinski definition) is 1. The molecular weight excluding hydrogens is 334 g/mol. The highest BCUT2D eigenvalue weighted by atomic mass is 16.6. The van der Waals surface area contributed by atoms with Crippen LogP contribution < -0.4 is 10.1 Å². The minimum Gasteiger partial charge on any atom is -0.410 e. The minimum absolute atomic E-state index is 0.0603. The lowest BCUT2D eigenvalue weighted by molar-refractivity contribution is -0.152. The van der Waals surface area contributed by atoms with Gasteiger partial charge in [0, 0.05) is 13.1 Å². The number of amides is 3. The van der Waals surface area contributed by atoms with E-state index in [1.165, 1.54) is 4.90 Å². The van der Waals surface area contributed by atoms with Crippen molar-refractivity contribution in [1.82, 2.24) is 15.1 Å². The Hall–Kier alpha value is -2.57. The third-order valence-electron chi connectivity index (χ3n) is 4.77. The predicted molar refractivity (Wildman–Crippen MR) is 95.7 cm³/mol. The van der Waals surface area contributed by atoms with Crippen LogP contribution in [0.2, 0.25) is 0 Å². The maximum Gasteiger partial charge on any atom is 0.415 e. The molecule has 2 aliphatic heterocycles. The van der Waals surface area contributed by atoms with Crippen LogP contribution >= 0.6 is 0 Å². The van der Waals surface area contributed by atoms with Crippen LogP contribution in [0.25, 0.3) is 0 Å². The van der Waals surface area contributed by atoms with Crippen molar-refractivity contribution in [3.8, 4) is 5.75 Å². The van der Waals surface area contributed by atoms with Gasteiger partial charge in [0.15, 0.2) is 0 Å². The molecule has 2 atom stereocenters. The molecule has 140 valence electrons. The maximum atomic E-state index is 12.6. The quantitative estimate of drug-likeness (QED) is 0.888. The molecule has 7 nitrogen and oxygen atoms in total. The first-order valence-electron chi connectivity index (χ1n) is 8.99. The van der Waals surface area contributed by atoms with E-state index in [1.54, 1.807) is 17.0 Å². The van der Waals surface area contributed by atoms with Gasteiger partial charge in [0.25, 0.3) is 0 Å². The Kier molecular flexibility index (Phi) is 5.15. The molecule has 3 amide bonds. The van der Waals surface area contributed by atoms with Gasteiger partial charge in [-0.25, -0.2) is 4.79 Å². The van der Waals surface area contributed by atoms with Gasteiger partial charge < -0.3 is 19.9 Å². The molecule has 7 heteroatoms. The number of rotatable bonds is 3. The third kappa shape index (κ3) is 3.81. The van der Waals surface area contributed by atoms with Crippen molar-refractivity contribution in [1.29, 1.82) is 0 Å². The summed E-state index contributed by atoms with van der Waals surface area (Å²) in [7, 11) is 0. The number of piperazine rings is 2. The first-order chi connectivity index (χ1) is 12.3. The monoisotopic (exact) mass is 359 g/mol. The van der Waals surface area contributed by atoms with E-state index in [9.17, 15) is 14.4 Å². The second-order valence-electron chi connectivity index (χ2n) is 7.37. The Labute approximate surface area is 153 Å². The fourth-order valence-electron chi connectivity index (χ4n) is 3.37. The largest absolute Gasteiger partial charge is 0.415 e. The molecule has 0 spiro atoms. The molecule has 1 aromatic carbocycles. The zero-order valence-electron chi connectivity index (χ0n) is 15.4. The lowest BCUT2D eigenvalue weighted by atomic mass is 9.97. The van der Waals surface area contributed by atoms with Crippen LogP contribution in [0, 0.1) is 12.8 Å². The lowest BCUT2D eigenvalue weighted by Crippen LogP contribution is -2.69. The summed E-state index contributed by atoms with van der Waals surface area (Å²) in [6.45, 7) is 6.84. The molecule has 2 saturated heterocycles. The molecule has 0 radical (unpaired) electrons. The number of nitrogens with zero attached hydrogens (tertiary/aromatic N) is 2. The molecule has 3 rings (SSSR count). The Morgan fingerprint density at radius 3 is 2.58 bits per heavy atom. The molecule has 2 aliphatic rings. The summed E-state index contributed by atoms with van der Waals surface area (Å²) in [5.41, 5.74) is 1.08. The predicted octanol–water partition coefficient (Wildman–Crippen LogP) is 1.55. The Morgan fingerprint density at radius 1 is 1.23 bits per heavy atom. The van der Waals surface area contributed by atoms with Crippen LogP contribution in [0.3, 0.4) is 0 Å². The van der Waals surface area contributed by atoms with Crippen LogP contribution in [-0.2, 0) is 9.59 Å². The van der Waals surface area contributed by atoms with Crippen LogP contribution in [-0.4, -0.2) is 59.4 Å². The molecule has 0 unspecified atom stereocenters. The van der Waals surface area contributed by atoms with E-state index in [4.69, 9.17) is 4.74 Å². The standard InChI is InChI=1S/C19H25N3O4/c1-12(2)10-15-18(24)22-9-8-21(11-16(22)17(23)20-15)19(25)26-14-6-4-13(3)5-7-14/h4-7,12,15-16H,8-11H2,1-3H3,(H,20,23)/t15-,16-/m1/s1. The van der Waals surface area contributed by atoms with Gasteiger partial charge >= 0.3 is 6.09 Å². The zero-order chi connectivity index (χ0) is 18.8. The highest BCUT2D eigenvalue weighted by Gasteiger charge is 2.44. The second-order valence-corrected chi connectivity index (χ2v) is 7.37. The number of hydrogen-bond acceptors (Lipinski definition) is 4. The van der Waals surface area contributed by atoms with E-state index in [0.29, 0.717) is 31.2 Å². The first-order valence-corrected chi connectivity index (χ1v) is 8.99. The van der Waals surface area contributed by atoms with Gasteiger partial charge in [0.1, 0.15) is 17.8 Å². The SMILES string of the molecule is Cc1ccc(OC(=O)N2CCN3C(=O)[C@@H](CC(C)C)NC(=O)[C@H]3C2)cc1. The van der Waals surface area contributed by atoms with E-state index < -0.39 is 18.2 Å². The molecule has 2 fully saturated rings. The summed E-state index contributed by atoms with van der Waals surface area (Å²) in [6.07, 6.45) is 0.116. The molecule has 26 heavy (non-hydrogen) atoms. The van der Waals surface area contributed by atoms with Crippen LogP contribution in [0.4, 0.5) is 4.79 Å². The number of ether oxygens (including phenoxy) is 1.